The van der Waals surface area contributed by atoms with E-state index in [2.05, 4.69) is 17.1 Å². The van der Waals surface area contributed by atoms with E-state index in [0.717, 1.165) is 18.4 Å². The van der Waals surface area contributed by atoms with E-state index >= 15 is 0 Å². The van der Waals surface area contributed by atoms with Crippen LogP contribution >= 0.6 is 11.8 Å². The Morgan fingerprint density at radius 3 is 3.05 bits per heavy atom. The zero-order chi connectivity index (χ0) is 13.7. The van der Waals surface area contributed by atoms with Gasteiger partial charge in [-0.15, -0.1) is 5.10 Å². The molecule has 1 N–H and O–H groups in total. The zero-order valence-electron chi connectivity index (χ0n) is 10.7. The Kier molecular flexibility index (Phi) is 4.79. The van der Waals surface area contributed by atoms with Crippen LogP contribution in [-0.2, 0) is 12.3 Å². The van der Waals surface area contributed by atoms with Crippen molar-refractivity contribution in [3.63, 3.8) is 0 Å². The van der Waals surface area contributed by atoms with E-state index < -0.39 is 0 Å². The van der Waals surface area contributed by atoms with Gasteiger partial charge in [0.2, 0.25) is 0 Å². The van der Waals surface area contributed by atoms with Gasteiger partial charge >= 0.3 is 5.69 Å². The standard InChI is InChI=1S/C13H16FN3OS/c1-2-3-7-17-12(18)15-16-13(17)19-9-10-5-4-6-11(14)8-10/h4-6,8H,2-3,7,9H2,1H3,(H,15,18). The average Bonchev–Trinajstić information content (AvgIpc) is 2.75. The molecule has 102 valence electrons. The molecule has 0 unspecified atom stereocenters. The van der Waals surface area contributed by atoms with E-state index in [1.807, 2.05) is 6.07 Å². The predicted octanol–water partition coefficient (Wildman–Crippen LogP) is 2.80. The lowest BCUT2D eigenvalue weighted by molar-refractivity contribution is 0.573. The molecular formula is C13H16FN3OS. The van der Waals surface area contributed by atoms with Gasteiger partial charge in [0.25, 0.3) is 0 Å². The summed E-state index contributed by atoms with van der Waals surface area (Å²) in [6.07, 6.45) is 1.96. The second-order valence-corrected chi connectivity index (χ2v) is 5.18. The summed E-state index contributed by atoms with van der Waals surface area (Å²) < 4.78 is 14.7. The van der Waals surface area contributed by atoms with Crippen LogP contribution in [0.5, 0.6) is 0 Å². The molecular weight excluding hydrogens is 265 g/mol. The normalized spacial score (nSPS) is 10.8. The molecule has 1 aromatic carbocycles. The van der Waals surface area contributed by atoms with Gasteiger partial charge in [-0.25, -0.2) is 14.3 Å². The minimum atomic E-state index is -0.247. The van der Waals surface area contributed by atoms with Crippen LogP contribution in [0.3, 0.4) is 0 Å². The maximum Gasteiger partial charge on any atom is 0.343 e. The second-order valence-electron chi connectivity index (χ2n) is 4.24. The van der Waals surface area contributed by atoms with Gasteiger partial charge in [0.15, 0.2) is 5.16 Å². The first-order valence-electron chi connectivity index (χ1n) is 6.23. The van der Waals surface area contributed by atoms with Crippen LogP contribution in [0.15, 0.2) is 34.2 Å². The second kappa shape index (κ2) is 6.56. The van der Waals surface area contributed by atoms with Crippen LogP contribution in [0.4, 0.5) is 4.39 Å². The SMILES string of the molecule is CCCCn1c(SCc2cccc(F)c2)n[nH]c1=O. The molecule has 0 atom stereocenters. The van der Waals surface area contributed by atoms with Gasteiger partial charge < -0.3 is 0 Å². The Balaban J connectivity index is 2.05. The summed E-state index contributed by atoms with van der Waals surface area (Å²) in [5, 5.41) is 7.11. The first kappa shape index (κ1) is 13.9. The Hall–Kier alpha value is -1.56. The highest BCUT2D eigenvalue weighted by Gasteiger charge is 2.08. The first-order valence-corrected chi connectivity index (χ1v) is 7.21. The third-order valence-electron chi connectivity index (χ3n) is 2.72. The molecule has 4 nitrogen and oxygen atoms in total. The van der Waals surface area contributed by atoms with E-state index in [0.29, 0.717) is 17.5 Å². The first-order chi connectivity index (χ1) is 9.20. The van der Waals surface area contributed by atoms with Crippen molar-refractivity contribution in [3.8, 4) is 0 Å². The highest BCUT2D eigenvalue weighted by Crippen LogP contribution is 2.20. The molecule has 2 aromatic rings. The van der Waals surface area contributed by atoms with Gasteiger partial charge in [-0.1, -0.05) is 37.2 Å². The van der Waals surface area contributed by atoms with Crippen molar-refractivity contribution < 1.29 is 4.39 Å². The van der Waals surface area contributed by atoms with Crippen LogP contribution in [0.2, 0.25) is 0 Å². The number of aromatic nitrogens is 3. The third kappa shape index (κ3) is 3.70. The van der Waals surface area contributed by atoms with E-state index in [4.69, 9.17) is 0 Å². The molecule has 0 bridgehead atoms. The van der Waals surface area contributed by atoms with Crippen LogP contribution in [0.25, 0.3) is 0 Å². The van der Waals surface area contributed by atoms with Crippen molar-refractivity contribution in [2.75, 3.05) is 0 Å². The number of halogens is 1. The molecule has 0 radical (unpaired) electrons. The van der Waals surface area contributed by atoms with Crippen molar-refractivity contribution in [2.45, 2.75) is 37.2 Å². The number of hydrogen-bond acceptors (Lipinski definition) is 3. The maximum atomic E-state index is 13.1. The van der Waals surface area contributed by atoms with E-state index in [1.54, 1.807) is 10.6 Å². The number of unbranched alkanes of at least 4 members (excludes halogenated alkanes) is 1. The van der Waals surface area contributed by atoms with Crippen molar-refractivity contribution in [1.82, 2.24) is 14.8 Å². The number of hydrogen-bond donors (Lipinski definition) is 1. The molecule has 0 saturated carbocycles. The monoisotopic (exact) mass is 281 g/mol. The molecule has 0 aliphatic heterocycles. The number of thioether (sulfide) groups is 1. The maximum absolute atomic E-state index is 13.1. The smallest absolute Gasteiger partial charge is 0.270 e. The Morgan fingerprint density at radius 1 is 1.47 bits per heavy atom. The number of benzene rings is 1. The quantitative estimate of drug-likeness (QED) is 0.828. The van der Waals surface area contributed by atoms with Gasteiger partial charge in [0.05, 0.1) is 0 Å². The van der Waals surface area contributed by atoms with Crippen LogP contribution in [0, 0.1) is 5.82 Å². The minimum Gasteiger partial charge on any atom is -0.270 e. The molecule has 0 saturated heterocycles. The molecule has 2 rings (SSSR count). The summed E-state index contributed by atoms with van der Waals surface area (Å²) in [7, 11) is 0. The zero-order valence-corrected chi connectivity index (χ0v) is 11.5. The third-order valence-corrected chi connectivity index (χ3v) is 3.76. The van der Waals surface area contributed by atoms with E-state index in [9.17, 15) is 9.18 Å². The Bertz CT molecular complexity index is 594. The van der Waals surface area contributed by atoms with Gasteiger partial charge in [0.1, 0.15) is 5.82 Å². The van der Waals surface area contributed by atoms with Gasteiger partial charge in [0, 0.05) is 12.3 Å². The number of aromatic amines is 1. The fourth-order valence-corrected chi connectivity index (χ4v) is 2.62. The number of nitrogens with zero attached hydrogens (tertiary/aromatic N) is 2. The predicted molar refractivity (Wildman–Crippen MR) is 73.7 cm³/mol. The van der Waals surface area contributed by atoms with Crippen LogP contribution < -0.4 is 5.69 Å². The Morgan fingerprint density at radius 2 is 2.32 bits per heavy atom. The summed E-state index contributed by atoms with van der Waals surface area (Å²) in [6, 6.07) is 6.45. The lowest BCUT2D eigenvalue weighted by Gasteiger charge is -2.04. The molecule has 1 heterocycles. The highest BCUT2D eigenvalue weighted by molar-refractivity contribution is 7.98. The lowest BCUT2D eigenvalue weighted by atomic mass is 10.2. The van der Waals surface area contributed by atoms with Crippen molar-refractivity contribution in [3.05, 3.63) is 46.1 Å². The van der Waals surface area contributed by atoms with Crippen molar-refractivity contribution >= 4 is 11.8 Å². The largest absolute Gasteiger partial charge is 0.343 e. The Labute approximate surface area is 115 Å². The van der Waals surface area contributed by atoms with E-state index in [-0.39, 0.29) is 11.5 Å². The summed E-state index contributed by atoms with van der Waals surface area (Å²) in [5.41, 5.74) is 0.692. The van der Waals surface area contributed by atoms with Gasteiger partial charge in [-0.3, -0.25) is 4.57 Å². The highest BCUT2D eigenvalue weighted by atomic mass is 32.2. The minimum absolute atomic E-state index is 0.185. The summed E-state index contributed by atoms with van der Waals surface area (Å²) in [5.74, 6) is 0.345. The van der Waals surface area contributed by atoms with Crippen LogP contribution in [-0.4, -0.2) is 14.8 Å². The van der Waals surface area contributed by atoms with Crippen molar-refractivity contribution in [1.29, 1.82) is 0 Å². The topological polar surface area (TPSA) is 50.7 Å². The summed E-state index contributed by atoms with van der Waals surface area (Å²) in [6.45, 7) is 2.74. The average molecular weight is 281 g/mol. The number of rotatable bonds is 6. The van der Waals surface area contributed by atoms with Gasteiger partial charge in [-0.2, -0.15) is 0 Å². The fourth-order valence-electron chi connectivity index (χ4n) is 1.70. The van der Waals surface area contributed by atoms with Crippen LogP contribution in [0.1, 0.15) is 25.3 Å². The van der Waals surface area contributed by atoms with E-state index in [1.165, 1.54) is 23.9 Å². The molecule has 0 spiro atoms. The summed E-state index contributed by atoms with van der Waals surface area (Å²) >= 11 is 1.43. The molecule has 6 heteroatoms. The molecule has 0 aliphatic carbocycles. The molecule has 0 amide bonds. The summed E-state index contributed by atoms with van der Waals surface area (Å²) in [4.78, 5) is 11.6. The number of H-pyrrole nitrogens is 1. The molecule has 0 fully saturated rings. The van der Waals surface area contributed by atoms with Gasteiger partial charge in [-0.05, 0) is 24.1 Å². The molecule has 19 heavy (non-hydrogen) atoms. The number of nitrogens with one attached hydrogen (secondary N) is 1. The molecule has 1 aromatic heterocycles. The molecule has 0 aliphatic rings. The van der Waals surface area contributed by atoms with Crippen molar-refractivity contribution in [2.24, 2.45) is 0 Å². The fraction of sp³-hybridized carbons (Fsp3) is 0.385. The lowest BCUT2D eigenvalue weighted by Crippen LogP contribution is -2.17.